The van der Waals surface area contributed by atoms with E-state index in [0.717, 1.165) is 11.7 Å². The van der Waals surface area contributed by atoms with E-state index in [-0.39, 0.29) is 0 Å². The first kappa shape index (κ1) is 37.8. The molecule has 0 aliphatic rings. The van der Waals surface area contributed by atoms with Crippen LogP contribution in [-0.4, -0.2) is 17.2 Å². The van der Waals surface area contributed by atoms with E-state index in [9.17, 15) is 0 Å². The Hall–Kier alpha value is -7.54. The van der Waals surface area contributed by atoms with Gasteiger partial charge in [-0.05, 0) is 81.8 Å². The zero-order valence-corrected chi connectivity index (χ0v) is 38.5. The summed E-state index contributed by atoms with van der Waals surface area (Å²) in [6, 6.07) is 87.8. The first-order chi connectivity index (χ1) is 32.7. The molecule has 10 aromatic carbocycles. The summed E-state index contributed by atoms with van der Waals surface area (Å²) in [4.78, 5) is 0. The number of benzene rings is 10. The molecule has 0 unspecified atom stereocenters. The van der Waals surface area contributed by atoms with Crippen LogP contribution in [-0.2, 0) is 6.04 Å². The molecule has 0 aliphatic carbocycles. The fraction of sp³-hybridized carbons (Fsp3) is 0.0164. The van der Waals surface area contributed by atoms with E-state index in [1.165, 1.54) is 111 Å². The van der Waals surface area contributed by atoms with E-state index in [2.05, 4.69) is 240 Å². The minimum atomic E-state index is -2.76. The van der Waals surface area contributed by atoms with Crippen LogP contribution < -0.4 is 15.6 Å². The van der Waals surface area contributed by atoms with Crippen molar-refractivity contribution >= 4 is 130 Å². The number of nitrogens with zero attached hydrogens (tertiary/aromatic N) is 2. The van der Waals surface area contributed by atoms with Crippen LogP contribution in [0.15, 0.2) is 231 Å². The Bertz CT molecular complexity index is 4170. The highest BCUT2D eigenvalue weighted by molar-refractivity contribution is 7.26. The van der Waals surface area contributed by atoms with Gasteiger partial charge in [-0.25, -0.2) is 0 Å². The second-order valence-electron chi connectivity index (χ2n) is 17.6. The molecule has 0 atom stereocenters. The van der Waals surface area contributed by atoms with Crippen molar-refractivity contribution in [2.24, 2.45) is 0 Å². The van der Waals surface area contributed by atoms with Crippen LogP contribution in [0.4, 0.5) is 0 Å². The van der Waals surface area contributed by atoms with Gasteiger partial charge in [0.1, 0.15) is 0 Å². The zero-order valence-electron chi connectivity index (χ0n) is 35.9. The summed E-state index contributed by atoms with van der Waals surface area (Å²) in [6.45, 7) is 0. The topological polar surface area (TPSA) is 9.86 Å². The highest BCUT2D eigenvalue weighted by Gasteiger charge is 2.40. The summed E-state index contributed by atoms with van der Waals surface area (Å²) < 4.78 is 10.3. The Labute approximate surface area is 390 Å². The predicted molar refractivity (Wildman–Crippen MR) is 289 cm³/mol. The van der Waals surface area contributed by atoms with Crippen molar-refractivity contribution in [2.75, 3.05) is 0 Å². The lowest BCUT2D eigenvalue weighted by molar-refractivity contribution is 1.16. The lowest BCUT2D eigenvalue weighted by atomic mass is 10.1. The Morgan fingerprint density at radius 3 is 1.65 bits per heavy atom. The summed E-state index contributed by atoms with van der Waals surface area (Å²) >= 11 is 3.78. The van der Waals surface area contributed by atoms with Crippen LogP contribution in [0.1, 0.15) is 5.56 Å². The molecule has 0 spiro atoms. The van der Waals surface area contributed by atoms with Gasteiger partial charge in [0.15, 0.2) is 8.07 Å². The summed E-state index contributed by atoms with van der Waals surface area (Å²) in [5, 5.41) is 14.7. The monoisotopic (exact) mass is 892 g/mol. The van der Waals surface area contributed by atoms with Crippen molar-refractivity contribution in [1.82, 2.24) is 9.13 Å². The minimum Gasteiger partial charge on any atom is -0.309 e. The molecular weight excluding hydrogens is 853 g/mol. The average Bonchev–Trinajstić information content (AvgIpc) is 4.14. The third kappa shape index (κ3) is 5.51. The third-order valence-corrected chi connectivity index (χ3v) is 21.4. The highest BCUT2D eigenvalue weighted by Crippen LogP contribution is 2.43. The van der Waals surface area contributed by atoms with Crippen LogP contribution in [0, 0.1) is 0 Å². The Morgan fingerprint density at radius 1 is 0.333 bits per heavy atom. The van der Waals surface area contributed by atoms with Crippen molar-refractivity contribution < 1.29 is 0 Å². The van der Waals surface area contributed by atoms with Gasteiger partial charge in [0.25, 0.3) is 0 Å². The first-order valence-electron chi connectivity index (χ1n) is 22.7. The Kier molecular flexibility index (Phi) is 8.44. The summed E-state index contributed by atoms with van der Waals surface area (Å²) in [5.74, 6) is 0. The summed E-state index contributed by atoms with van der Waals surface area (Å²) in [7, 11) is -2.76. The van der Waals surface area contributed by atoms with Gasteiger partial charge in [0.2, 0.25) is 0 Å². The SMILES string of the molecule is c1ccc([Si](Cc2cccc3c2c2ccccc2n3-c2ccc3c4ccccc4n(-c4cccc5c4sc4ccccc45)c3c2)(c2ccccc2)c2ccc3sc4ccccc4c3c2)cc1. The van der Waals surface area contributed by atoms with Gasteiger partial charge in [0.05, 0.1) is 32.5 Å². The number of thiophene rings is 2. The Balaban J connectivity index is 1.02. The Morgan fingerprint density at radius 2 is 0.894 bits per heavy atom. The van der Waals surface area contributed by atoms with Crippen LogP contribution in [0.25, 0.3) is 95.3 Å². The maximum Gasteiger partial charge on any atom is 0.152 e. The van der Waals surface area contributed by atoms with Crippen molar-refractivity contribution in [3.05, 3.63) is 236 Å². The molecule has 4 heterocycles. The number of para-hydroxylation sites is 2. The van der Waals surface area contributed by atoms with Gasteiger partial charge in [-0.1, -0.05) is 176 Å². The molecular formula is C61H40N2S2Si. The second-order valence-corrected chi connectivity index (χ2v) is 23.6. The molecule has 0 radical (unpaired) electrons. The van der Waals surface area contributed by atoms with Gasteiger partial charge in [-0.3, -0.25) is 0 Å². The quantitative estimate of drug-likeness (QED) is 0.111. The van der Waals surface area contributed by atoms with Crippen LogP contribution in [0.2, 0.25) is 0 Å². The van der Waals surface area contributed by atoms with Gasteiger partial charge in [0, 0.05) is 62.9 Å². The largest absolute Gasteiger partial charge is 0.309 e. The number of hydrogen-bond acceptors (Lipinski definition) is 2. The van der Waals surface area contributed by atoms with E-state index >= 15 is 0 Å². The van der Waals surface area contributed by atoms with Gasteiger partial charge >= 0.3 is 0 Å². The molecule has 14 aromatic rings. The van der Waals surface area contributed by atoms with Crippen molar-refractivity contribution in [1.29, 1.82) is 0 Å². The maximum absolute atomic E-state index is 2.76. The van der Waals surface area contributed by atoms with Crippen LogP contribution >= 0.6 is 22.7 Å². The molecule has 0 saturated carbocycles. The average molecular weight is 893 g/mol. The van der Waals surface area contributed by atoms with E-state index < -0.39 is 8.07 Å². The number of hydrogen-bond donors (Lipinski definition) is 0. The van der Waals surface area contributed by atoms with Crippen molar-refractivity contribution in [3.8, 4) is 11.4 Å². The van der Waals surface area contributed by atoms with Crippen LogP contribution in [0.5, 0.6) is 0 Å². The standard InChI is InChI=1S/C61H40N2S2Si/c1-3-18-42(19-4-1)66(43-20-5-2-6-21-43,44-34-36-59-51(38-44)48-24-10-13-31-57(48)64-59)39-40-17-15-29-54-60(40)50-25-8-12-28-53(50)62(54)41-33-35-46-45-22-7-11-27-52(45)63(56(46)37-41)55-30-16-26-49-47-23-9-14-32-58(47)65-61(49)55/h1-38H,39H2. The molecule has 5 heteroatoms. The second kappa shape index (κ2) is 14.7. The highest BCUT2D eigenvalue weighted by atomic mass is 32.1. The van der Waals surface area contributed by atoms with E-state index in [0.29, 0.717) is 0 Å². The maximum atomic E-state index is 2.55. The number of rotatable bonds is 7. The predicted octanol–water partition coefficient (Wildman–Crippen LogP) is 14.9. The molecule has 0 fully saturated rings. The summed E-state index contributed by atoms with van der Waals surface area (Å²) in [6.07, 6.45) is 0. The normalized spacial score (nSPS) is 12.3. The molecule has 310 valence electrons. The van der Waals surface area contributed by atoms with Gasteiger partial charge in [-0.15, -0.1) is 22.7 Å². The van der Waals surface area contributed by atoms with E-state index in [1.807, 2.05) is 22.7 Å². The van der Waals surface area contributed by atoms with E-state index in [1.54, 1.807) is 0 Å². The number of aromatic nitrogens is 2. The molecule has 0 amide bonds. The van der Waals surface area contributed by atoms with Gasteiger partial charge in [-0.2, -0.15) is 0 Å². The number of fused-ring (bicyclic) bond motifs is 12. The minimum absolute atomic E-state index is 0.909. The molecule has 0 bridgehead atoms. The molecule has 66 heavy (non-hydrogen) atoms. The zero-order chi connectivity index (χ0) is 43.3. The fourth-order valence-electron chi connectivity index (χ4n) is 11.3. The van der Waals surface area contributed by atoms with Crippen LogP contribution in [0.3, 0.4) is 0 Å². The van der Waals surface area contributed by atoms with E-state index in [4.69, 9.17) is 0 Å². The lowest BCUT2D eigenvalue weighted by Gasteiger charge is -2.34. The first-order valence-corrected chi connectivity index (χ1v) is 26.6. The van der Waals surface area contributed by atoms with Crippen molar-refractivity contribution in [3.63, 3.8) is 0 Å². The van der Waals surface area contributed by atoms with Gasteiger partial charge < -0.3 is 9.13 Å². The fourth-order valence-corrected chi connectivity index (χ4v) is 18.4. The molecule has 0 saturated heterocycles. The molecule has 0 N–H and O–H groups in total. The third-order valence-electron chi connectivity index (χ3n) is 14.2. The smallest absolute Gasteiger partial charge is 0.152 e. The summed E-state index contributed by atoms with van der Waals surface area (Å²) in [5.41, 5.74) is 8.62. The molecule has 2 nitrogen and oxygen atoms in total. The lowest BCUT2D eigenvalue weighted by Crippen LogP contribution is -2.68. The molecule has 14 rings (SSSR count). The molecule has 4 aromatic heterocycles. The van der Waals surface area contributed by atoms with Crippen molar-refractivity contribution in [2.45, 2.75) is 6.04 Å². The molecule has 0 aliphatic heterocycles.